The number of unbranched alkanes of at least 4 members (excludes halogenated alkanes) is 5. The smallest absolute Gasteiger partial charge is 0.339 e. The van der Waals surface area contributed by atoms with Crippen LogP contribution >= 0.6 is 0 Å². The molecule has 5 nitrogen and oxygen atoms in total. The van der Waals surface area contributed by atoms with Crippen LogP contribution in [0.25, 0.3) is 0 Å². The van der Waals surface area contributed by atoms with Crippen molar-refractivity contribution in [3.05, 3.63) is 29.3 Å². The van der Waals surface area contributed by atoms with Crippen LogP contribution in [0.15, 0.2) is 18.2 Å². The summed E-state index contributed by atoms with van der Waals surface area (Å²) in [5, 5.41) is 9.59. The van der Waals surface area contributed by atoms with Crippen LogP contribution in [0.5, 0.6) is 5.75 Å². The summed E-state index contributed by atoms with van der Waals surface area (Å²) in [6.07, 6.45) is 6.55. The number of phenols is 1. The van der Waals surface area contributed by atoms with Gasteiger partial charge < -0.3 is 15.6 Å². The molecule has 0 unspecified atom stereocenters. The topological polar surface area (TPSA) is 89.6 Å². The summed E-state index contributed by atoms with van der Waals surface area (Å²) in [4.78, 5) is 23.2. The highest BCUT2D eigenvalue weighted by molar-refractivity contribution is 6.06. The lowest BCUT2D eigenvalue weighted by atomic mass is 10.1. The Morgan fingerprint density at radius 3 is 2.48 bits per heavy atom. The van der Waals surface area contributed by atoms with Gasteiger partial charge in [0.2, 0.25) is 0 Å². The number of ether oxygens (including phenoxy) is 1. The molecule has 0 radical (unpaired) electrons. The van der Waals surface area contributed by atoms with Gasteiger partial charge in [0.05, 0.1) is 17.7 Å². The van der Waals surface area contributed by atoms with Crippen LogP contribution in [0.2, 0.25) is 0 Å². The number of carbonyl (C=O) groups excluding carboxylic acids is 2. The average Bonchev–Trinajstić information content (AvgIpc) is 2.45. The van der Waals surface area contributed by atoms with E-state index in [1.165, 1.54) is 37.5 Å². The maximum absolute atomic E-state index is 11.9. The van der Waals surface area contributed by atoms with E-state index in [9.17, 15) is 14.7 Å². The molecule has 0 aliphatic heterocycles. The predicted molar refractivity (Wildman–Crippen MR) is 80.3 cm³/mol. The standard InChI is InChI=1S/C16H23NO4/c1-2-3-4-5-6-7-11-21-16(20)12-9-8-10-13(18)14(12)15(17)19/h8-10,18H,2-7,11H2,1H3,(H2,17,19). The van der Waals surface area contributed by atoms with E-state index >= 15 is 0 Å². The SMILES string of the molecule is CCCCCCCCOC(=O)c1cccc(O)c1C(N)=O. The number of amides is 1. The molecule has 1 aromatic carbocycles. The van der Waals surface area contributed by atoms with Gasteiger partial charge in [-0.2, -0.15) is 0 Å². The highest BCUT2D eigenvalue weighted by Gasteiger charge is 2.19. The van der Waals surface area contributed by atoms with Crippen LogP contribution in [0.4, 0.5) is 0 Å². The van der Waals surface area contributed by atoms with Gasteiger partial charge in [-0.3, -0.25) is 4.79 Å². The van der Waals surface area contributed by atoms with Crippen molar-refractivity contribution >= 4 is 11.9 Å². The molecule has 5 heteroatoms. The number of nitrogens with two attached hydrogens (primary N) is 1. The van der Waals surface area contributed by atoms with Gasteiger partial charge >= 0.3 is 5.97 Å². The van der Waals surface area contributed by atoms with Gasteiger partial charge in [0.1, 0.15) is 5.75 Å². The lowest BCUT2D eigenvalue weighted by Crippen LogP contribution is -2.18. The molecule has 1 aromatic rings. The molecule has 0 aliphatic rings. The summed E-state index contributed by atoms with van der Waals surface area (Å²) >= 11 is 0. The first kappa shape index (κ1) is 17.0. The number of aromatic hydroxyl groups is 1. The number of carbonyl (C=O) groups is 2. The molecule has 0 saturated heterocycles. The Kier molecular flexibility index (Phi) is 7.29. The number of rotatable bonds is 9. The van der Waals surface area contributed by atoms with E-state index in [4.69, 9.17) is 10.5 Å². The first-order valence-electron chi connectivity index (χ1n) is 7.36. The van der Waals surface area contributed by atoms with Crippen LogP contribution in [0, 0.1) is 0 Å². The summed E-state index contributed by atoms with van der Waals surface area (Å²) in [6, 6.07) is 4.21. The second kappa shape index (κ2) is 9.00. The van der Waals surface area contributed by atoms with Gasteiger partial charge in [-0.1, -0.05) is 45.1 Å². The monoisotopic (exact) mass is 293 g/mol. The largest absolute Gasteiger partial charge is 0.507 e. The van der Waals surface area contributed by atoms with Crippen molar-refractivity contribution in [1.29, 1.82) is 0 Å². The van der Waals surface area contributed by atoms with Crippen LogP contribution in [0.3, 0.4) is 0 Å². The highest BCUT2D eigenvalue weighted by Crippen LogP contribution is 2.21. The summed E-state index contributed by atoms with van der Waals surface area (Å²) in [6.45, 7) is 2.46. The highest BCUT2D eigenvalue weighted by atomic mass is 16.5. The molecule has 0 bridgehead atoms. The number of esters is 1. The average molecular weight is 293 g/mol. The van der Waals surface area contributed by atoms with Crippen LogP contribution in [-0.2, 0) is 4.74 Å². The van der Waals surface area contributed by atoms with Crippen molar-refractivity contribution in [2.24, 2.45) is 5.73 Å². The van der Waals surface area contributed by atoms with Crippen molar-refractivity contribution in [3.63, 3.8) is 0 Å². The Hall–Kier alpha value is -2.04. The third kappa shape index (κ3) is 5.45. The van der Waals surface area contributed by atoms with Gasteiger partial charge in [-0.05, 0) is 18.6 Å². The van der Waals surface area contributed by atoms with Gasteiger partial charge in [0.25, 0.3) is 5.91 Å². The minimum atomic E-state index is -0.848. The molecule has 0 aliphatic carbocycles. The zero-order valence-electron chi connectivity index (χ0n) is 12.4. The third-order valence-corrected chi connectivity index (χ3v) is 3.24. The number of primary amides is 1. The Bertz CT molecular complexity index is 485. The summed E-state index contributed by atoms with van der Waals surface area (Å²) < 4.78 is 5.12. The lowest BCUT2D eigenvalue weighted by molar-refractivity contribution is 0.0494. The van der Waals surface area contributed by atoms with Gasteiger partial charge in [0.15, 0.2) is 0 Å². The van der Waals surface area contributed by atoms with E-state index < -0.39 is 11.9 Å². The van der Waals surface area contributed by atoms with E-state index in [0.717, 1.165) is 19.3 Å². The van der Waals surface area contributed by atoms with Crippen molar-refractivity contribution in [2.45, 2.75) is 45.4 Å². The minimum absolute atomic E-state index is 0.00785. The second-order valence-corrected chi connectivity index (χ2v) is 4.97. The van der Waals surface area contributed by atoms with Crippen LogP contribution in [-0.4, -0.2) is 23.6 Å². The minimum Gasteiger partial charge on any atom is -0.507 e. The molecule has 0 spiro atoms. The zero-order chi connectivity index (χ0) is 15.7. The summed E-state index contributed by atoms with van der Waals surface area (Å²) in [7, 11) is 0. The van der Waals surface area contributed by atoms with Crippen molar-refractivity contribution in [3.8, 4) is 5.75 Å². The molecule has 116 valence electrons. The van der Waals surface area contributed by atoms with Gasteiger partial charge in [0, 0.05) is 0 Å². The van der Waals surface area contributed by atoms with Crippen molar-refractivity contribution < 1.29 is 19.4 Å². The van der Waals surface area contributed by atoms with Crippen molar-refractivity contribution in [1.82, 2.24) is 0 Å². The molecule has 3 N–H and O–H groups in total. The Labute approximate surface area is 125 Å². The van der Waals surface area contributed by atoms with E-state index in [1.807, 2.05) is 0 Å². The normalized spacial score (nSPS) is 10.3. The molecule has 0 aromatic heterocycles. The molecule has 1 amide bonds. The number of hydrogen-bond donors (Lipinski definition) is 2. The number of benzene rings is 1. The summed E-state index contributed by atoms with van der Waals surface area (Å²) in [5.74, 6) is -1.79. The molecule has 0 atom stereocenters. The molecule has 0 fully saturated rings. The van der Waals surface area contributed by atoms with Gasteiger partial charge in [-0.15, -0.1) is 0 Å². The van der Waals surface area contributed by atoms with E-state index in [1.54, 1.807) is 0 Å². The molecule has 21 heavy (non-hydrogen) atoms. The second-order valence-electron chi connectivity index (χ2n) is 4.97. The van der Waals surface area contributed by atoms with Gasteiger partial charge in [-0.25, -0.2) is 4.79 Å². The van der Waals surface area contributed by atoms with Crippen molar-refractivity contribution in [2.75, 3.05) is 6.61 Å². The van der Waals surface area contributed by atoms with E-state index in [-0.39, 0.29) is 16.9 Å². The van der Waals surface area contributed by atoms with E-state index in [0.29, 0.717) is 6.61 Å². The van der Waals surface area contributed by atoms with E-state index in [2.05, 4.69) is 6.92 Å². The molecular weight excluding hydrogens is 270 g/mol. The summed E-state index contributed by atoms with van der Waals surface area (Å²) in [5.41, 5.74) is 4.99. The lowest BCUT2D eigenvalue weighted by Gasteiger charge is -2.09. The molecule has 0 heterocycles. The number of hydrogen-bond acceptors (Lipinski definition) is 4. The predicted octanol–water partition coefficient (Wildman–Crippen LogP) is 3.01. The maximum Gasteiger partial charge on any atom is 0.339 e. The Morgan fingerprint density at radius 2 is 1.81 bits per heavy atom. The third-order valence-electron chi connectivity index (χ3n) is 3.24. The first-order valence-corrected chi connectivity index (χ1v) is 7.36. The first-order chi connectivity index (χ1) is 10.1. The fraction of sp³-hybridized carbons (Fsp3) is 0.500. The fourth-order valence-electron chi connectivity index (χ4n) is 2.09. The molecular formula is C16H23NO4. The molecule has 1 rings (SSSR count). The Morgan fingerprint density at radius 1 is 1.14 bits per heavy atom. The fourth-order valence-corrected chi connectivity index (χ4v) is 2.09. The maximum atomic E-state index is 11.9. The Balaban J connectivity index is 2.46. The quantitative estimate of drug-likeness (QED) is 0.541. The zero-order valence-corrected chi connectivity index (χ0v) is 12.4. The molecule has 0 saturated carbocycles. The van der Waals surface area contributed by atoms with Crippen LogP contribution < -0.4 is 5.73 Å². The van der Waals surface area contributed by atoms with Crippen LogP contribution in [0.1, 0.15) is 66.2 Å².